The first-order valence-corrected chi connectivity index (χ1v) is 4.72. The lowest BCUT2D eigenvalue weighted by Gasteiger charge is -2.00. The van der Waals surface area contributed by atoms with Crippen LogP contribution in [0.25, 0.3) is 0 Å². The van der Waals surface area contributed by atoms with E-state index in [1.54, 1.807) is 12.3 Å². The summed E-state index contributed by atoms with van der Waals surface area (Å²) >= 11 is 5.85. The minimum absolute atomic E-state index is 0.661. The van der Waals surface area contributed by atoms with Crippen LogP contribution in [0.1, 0.15) is 11.4 Å². The molecule has 4 heteroatoms. The number of hydrogen-bond donors (Lipinski definition) is 0. The second-order valence-electron chi connectivity index (χ2n) is 3.12. The predicted molar refractivity (Wildman–Crippen MR) is 55.3 cm³/mol. The molecule has 0 aliphatic carbocycles. The zero-order chi connectivity index (χ0) is 9.97. The Kier molecular flexibility index (Phi) is 2.50. The Bertz CT molecular complexity index is 436. The SMILES string of the molecule is Cc1ccn(Cc2cc(Cl)ccn2)n1. The number of hydrogen-bond acceptors (Lipinski definition) is 2. The van der Waals surface area contributed by atoms with Crippen LogP contribution in [-0.2, 0) is 6.54 Å². The van der Waals surface area contributed by atoms with Gasteiger partial charge in [-0.1, -0.05) is 11.6 Å². The van der Waals surface area contributed by atoms with E-state index in [1.807, 2.05) is 29.9 Å². The molecule has 0 N–H and O–H groups in total. The lowest BCUT2D eigenvalue weighted by Crippen LogP contribution is -2.02. The topological polar surface area (TPSA) is 30.7 Å². The van der Waals surface area contributed by atoms with Gasteiger partial charge in [0.2, 0.25) is 0 Å². The lowest BCUT2D eigenvalue weighted by atomic mass is 10.3. The molecule has 14 heavy (non-hydrogen) atoms. The van der Waals surface area contributed by atoms with Crippen LogP contribution in [0.5, 0.6) is 0 Å². The summed E-state index contributed by atoms with van der Waals surface area (Å²) in [6.07, 6.45) is 3.63. The normalized spacial score (nSPS) is 10.4. The summed E-state index contributed by atoms with van der Waals surface area (Å²) in [6.45, 7) is 2.62. The maximum Gasteiger partial charge on any atom is 0.0831 e. The van der Waals surface area contributed by atoms with Crippen molar-refractivity contribution in [3.05, 3.63) is 47.0 Å². The number of rotatable bonds is 2. The van der Waals surface area contributed by atoms with Gasteiger partial charge in [-0.05, 0) is 25.1 Å². The van der Waals surface area contributed by atoms with Crippen molar-refractivity contribution in [2.24, 2.45) is 0 Å². The van der Waals surface area contributed by atoms with Crippen molar-refractivity contribution >= 4 is 11.6 Å². The molecule has 0 radical (unpaired) electrons. The number of nitrogens with zero attached hydrogens (tertiary/aromatic N) is 3. The van der Waals surface area contributed by atoms with Crippen LogP contribution in [0.4, 0.5) is 0 Å². The Morgan fingerprint density at radius 2 is 2.29 bits per heavy atom. The fourth-order valence-corrected chi connectivity index (χ4v) is 1.43. The highest BCUT2D eigenvalue weighted by Crippen LogP contribution is 2.08. The van der Waals surface area contributed by atoms with Crippen molar-refractivity contribution in [3.8, 4) is 0 Å². The molecule has 2 aromatic heterocycles. The molecule has 0 saturated carbocycles. The highest BCUT2D eigenvalue weighted by molar-refractivity contribution is 6.30. The van der Waals surface area contributed by atoms with E-state index in [2.05, 4.69) is 10.1 Å². The Balaban J connectivity index is 2.18. The van der Waals surface area contributed by atoms with E-state index in [9.17, 15) is 0 Å². The Morgan fingerprint density at radius 3 is 2.93 bits per heavy atom. The molecule has 0 spiro atoms. The van der Waals surface area contributed by atoms with Crippen LogP contribution in [0.2, 0.25) is 5.02 Å². The van der Waals surface area contributed by atoms with Gasteiger partial charge in [-0.3, -0.25) is 9.67 Å². The van der Waals surface area contributed by atoms with Crippen molar-refractivity contribution in [2.75, 3.05) is 0 Å². The van der Waals surface area contributed by atoms with Gasteiger partial charge < -0.3 is 0 Å². The standard InChI is InChI=1S/C10H10ClN3/c1-8-3-5-14(13-8)7-10-6-9(11)2-4-12-10/h2-6H,7H2,1H3. The smallest absolute Gasteiger partial charge is 0.0831 e. The molecule has 0 atom stereocenters. The van der Waals surface area contributed by atoms with E-state index in [0.717, 1.165) is 11.4 Å². The third-order valence-corrected chi connectivity index (χ3v) is 2.11. The van der Waals surface area contributed by atoms with Gasteiger partial charge in [0.15, 0.2) is 0 Å². The first-order chi connectivity index (χ1) is 6.74. The highest BCUT2D eigenvalue weighted by Gasteiger charge is 1.98. The van der Waals surface area contributed by atoms with Gasteiger partial charge in [-0.25, -0.2) is 0 Å². The quantitative estimate of drug-likeness (QED) is 0.757. The van der Waals surface area contributed by atoms with E-state index >= 15 is 0 Å². The fourth-order valence-electron chi connectivity index (χ4n) is 1.25. The van der Waals surface area contributed by atoms with Crippen LogP contribution < -0.4 is 0 Å². The van der Waals surface area contributed by atoms with Crippen molar-refractivity contribution in [2.45, 2.75) is 13.5 Å². The molecule has 0 unspecified atom stereocenters. The molecule has 0 amide bonds. The van der Waals surface area contributed by atoms with Crippen molar-refractivity contribution < 1.29 is 0 Å². The average molecular weight is 208 g/mol. The minimum atomic E-state index is 0.661. The maximum absolute atomic E-state index is 5.85. The van der Waals surface area contributed by atoms with E-state index in [4.69, 9.17) is 11.6 Å². The van der Waals surface area contributed by atoms with E-state index in [1.165, 1.54) is 0 Å². The van der Waals surface area contributed by atoms with Gasteiger partial charge in [-0.15, -0.1) is 0 Å². The first kappa shape index (κ1) is 9.21. The third kappa shape index (κ3) is 2.12. The molecular weight excluding hydrogens is 198 g/mol. The van der Waals surface area contributed by atoms with Gasteiger partial charge in [0, 0.05) is 17.4 Å². The summed E-state index contributed by atoms with van der Waals surface area (Å²) in [4.78, 5) is 4.20. The molecule has 0 bridgehead atoms. The van der Waals surface area contributed by atoms with E-state index in [-0.39, 0.29) is 0 Å². The monoisotopic (exact) mass is 207 g/mol. The summed E-state index contributed by atoms with van der Waals surface area (Å²) in [5, 5.41) is 4.98. The van der Waals surface area contributed by atoms with Crippen LogP contribution in [0.15, 0.2) is 30.6 Å². The Morgan fingerprint density at radius 1 is 1.43 bits per heavy atom. The molecule has 72 valence electrons. The Hall–Kier alpha value is -1.35. The molecule has 0 aliphatic heterocycles. The highest BCUT2D eigenvalue weighted by atomic mass is 35.5. The van der Waals surface area contributed by atoms with Crippen molar-refractivity contribution in [1.82, 2.24) is 14.8 Å². The first-order valence-electron chi connectivity index (χ1n) is 4.34. The van der Waals surface area contributed by atoms with Gasteiger partial charge in [0.1, 0.15) is 0 Å². The third-order valence-electron chi connectivity index (χ3n) is 1.88. The van der Waals surface area contributed by atoms with Crippen LogP contribution in [0.3, 0.4) is 0 Å². The second-order valence-corrected chi connectivity index (χ2v) is 3.56. The maximum atomic E-state index is 5.85. The van der Waals surface area contributed by atoms with Crippen LogP contribution >= 0.6 is 11.6 Å². The van der Waals surface area contributed by atoms with Gasteiger partial charge >= 0.3 is 0 Å². The summed E-state index contributed by atoms with van der Waals surface area (Å²) in [5.41, 5.74) is 1.92. The summed E-state index contributed by atoms with van der Waals surface area (Å²) in [5.74, 6) is 0. The molecule has 0 fully saturated rings. The number of aromatic nitrogens is 3. The molecule has 2 heterocycles. The van der Waals surface area contributed by atoms with Crippen molar-refractivity contribution in [3.63, 3.8) is 0 Å². The van der Waals surface area contributed by atoms with Crippen LogP contribution in [0, 0.1) is 6.92 Å². The molecule has 2 aromatic rings. The van der Waals surface area contributed by atoms with Crippen LogP contribution in [-0.4, -0.2) is 14.8 Å². The predicted octanol–water partition coefficient (Wildman–Crippen LogP) is 2.29. The summed E-state index contributed by atoms with van der Waals surface area (Å²) < 4.78 is 1.84. The Labute approximate surface area is 87.3 Å². The minimum Gasteiger partial charge on any atom is -0.266 e. The van der Waals surface area contributed by atoms with E-state index in [0.29, 0.717) is 11.6 Å². The largest absolute Gasteiger partial charge is 0.266 e. The molecule has 0 saturated heterocycles. The van der Waals surface area contributed by atoms with Crippen molar-refractivity contribution in [1.29, 1.82) is 0 Å². The molecule has 2 rings (SSSR count). The summed E-state index contributed by atoms with van der Waals surface area (Å²) in [7, 11) is 0. The molecular formula is C10H10ClN3. The van der Waals surface area contributed by atoms with E-state index < -0.39 is 0 Å². The molecule has 0 aromatic carbocycles. The fraction of sp³-hybridized carbons (Fsp3) is 0.200. The number of aryl methyl sites for hydroxylation is 1. The van der Waals surface area contributed by atoms with Gasteiger partial charge in [0.05, 0.1) is 17.9 Å². The number of pyridine rings is 1. The average Bonchev–Trinajstić information content (AvgIpc) is 2.51. The van der Waals surface area contributed by atoms with Gasteiger partial charge in [-0.2, -0.15) is 5.10 Å². The zero-order valence-electron chi connectivity index (χ0n) is 7.81. The summed E-state index contributed by atoms with van der Waals surface area (Å²) in [6, 6.07) is 5.57. The van der Waals surface area contributed by atoms with Gasteiger partial charge in [0.25, 0.3) is 0 Å². The number of halogens is 1. The molecule has 3 nitrogen and oxygen atoms in total. The lowest BCUT2D eigenvalue weighted by molar-refractivity contribution is 0.666. The molecule has 0 aliphatic rings. The zero-order valence-corrected chi connectivity index (χ0v) is 8.57. The second kappa shape index (κ2) is 3.80.